The van der Waals surface area contributed by atoms with Crippen molar-refractivity contribution in [2.75, 3.05) is 45.8 Å². The summed E-state index contributed by atoms with van der Waals surface area (Å²) in [6.07, 6.45) is 0.840. The van der Waals surface area contributed by atoms with E-state index in [9.17, 15) is 18.0 Å². The number of anilines is 1. The van der Waals surface area contributed by atoms with Crippen LogP contribution in [-0.2, 0) is 32.6 Å². The van der Waals surface area contributed by atoms with E-state index in [1.807, 2.05) is 37.3 Å². The Morgan fingerprint density at radius 1 is 0.800 bits per heavy atom. The molecule has 50 heavy (non-hydrogen) atoms. The van der Waals surface area contributed by atoms with E-state index >= 15 is 0 Å². The molecule has 0 saturated carbocycles. The van der Waals surface area contributed by atoms with Crippen LogP contribution in [-0.4, -0.2) is 72.7 Å². The second-order valence-corrected chi connectivity index (χ2v) is 13.4. The van der Waals surface area contributed by atoms with Crippen molar-refractivity contribution in [3.63, 3.8) is 0 Å². The highest BCUT2D eigenvalue weighted by Crippen LogP contribution is 2.38. The maximum Gasteiger partial charge on any atom is 0.265 e. The van der Waals surface area contributed by atoms with Crippen molar-refractivity contribution in [2.45, 2.75) is 37.2 Å². The Bertz CT molecular complexity index is 1870. The van der Waals surface area contributed by atoms with Gasteiger partial charge in [-0.15, -0.1) is 0 Å². The fraction of sp³-hybridized carbons (Fsp3) is 0.297. The highest BCUT2D eigenvalue weighted by atomic mass is 35.5. The number of carbonyl (C=O) groups excluding carboxylic acids is 2. The summed E-state index contributed by atoms with van der Waals surface area (Å²) in [5.41, 5.74) is 1.44. The number of amides is 2. The van der Waals surface area contributed by atoms with E-state index in [-0.39, 0.29) is 41.0 Å². The lowest BCUT2D eigenvalue weighted by molar-refractivity contribution is -0.140. The zero-order valence-corrected chi connectivity index (χ0v) is 30.3. The lowest BCUT2D eigenvalue weighted by Gasteiger charge is -2.34. The zero-order chi connectivity index (χ0) is 36.3. The maximum atomic E-state index is 14.8. The Balaban J connectivity index is 1.90. The third-order valence-corrected chi connectivity index (χ3v) is 10.1. The number of nitrogens with one attached hydrogen (secondary N) is 1. The van der Waals surface area contributed by atoms with Gasteiger partial charge in [-0.3, -0.25) is 13.9 Å². The van der Waals surface area contributed by atoms with Crippen LogP contribution in [0.2, 0.25) is 5.02 Å². The molecule has 2 amide bonds. The third-order valence-electron chi connectivity index (χ3n) is 8.00. The van der Waals surface area contributed by atoms with Crippen LogP contribution in [0.25, 0.3) is 0 Å². The van der Waals surface area contributed by atoms with Crippen molar-refractivity contribution in [1.82, 2.24) is 10.2 Å². The van der Waals surface area contributed by atoms with Gasteiger partial charge in [0, 0.05) is 36.7 Å². The molecule has 0 aliphatic carbocycles. The molecule has 266 valence electrons. The molecule has 0 saturated heterocycles. The number of halogens is 1. The summed E-state index contributed by atoms with van der Waals surface area (Å²) >= 11 is 6.58. The van der Waals surface area contributed by atoms with Crippen molar-refractivity contribution >= 4 is 39.1 Å². The number of ether oxygens (including phenoxy) is 4. The van der Waals surface area contributed by atoms with Crippen LogP contribution in [0, 0.1) is 0 Å². The predicted octanol–water partition coefficient (Wildman–Crippen LogP) is 5.74. The minimum atomic E-state index is -4.51. The molecule has 0 fully saturated rings. The summed E-state index contributed by atoms with van der Waals surface area (Å²) < 4.78 is 52.0. The normalized spacial score (nSPS) is 11.6. The van der Waals surface area contributed by atoms with E-state index < -0.39 is 28.5 Å². The van der Waals surface area contributed by atoms with Gasteiger partial charge in [0.05, 0.1) is 39.0 Å². The van der Waals surface area contributed by atoms with Gasteiger partial charge < -0.3 is 29.2 Å². The number of methoxy groups -OCH3 is 4. The van der Waals surface area contributed by atoms with Crippen molar-refractivity contribution in [1.29, 1.82) is 0 Å². The minimum Gasteiger partial charge on any atom is -0.497 e. The van der Waals surface area contributed by atoms with Crippen LogP contribution in [0.4, 0.5) is 5.69 Å². The summed E-state index contributed by atoms with van der Waals surface area (Å²) in [5, 5.41) is 3.32. The molecular weight excluding hydrogens is 682 g/mol. The molecule has 0 aliphatic rings. The first-order valence-corrected chi connectivity index (χ1v) is 17.7. The van der Waals surface area contributed by atoms with Crippen molar-refractivity contribution in [3.8, 4) is 23.0 Å². The molecule has 1 unspecified atom stereocenters. The van der Waals surface area contributed by atoms with E-state index in [0.29, 0.717) is 35.1 Å². The van der Waals surface area contributed by atoms with Crippen LogP contribution in [0.1, 0.15) is 24.5 Å². The third kappa shape index (κ3) is 8.99. The van der Waals surface area contributed by atoms with Gasteiger partial charge in [0.15, 0.2) is 11.5 Å². The molecule has 4 rings (SSSR count). The molecule has 0 aliphatic heterocycles. The monoisotopic (exact) mass is 723 g/mol. The summed E-state index contributed by atoms with van der Waals surface area (Å²) in [7, 11) is 1.16. The molecule has 0 aromatic heterocycles. The fourth-order valence-electron chi connectivity index (χ4n) is 5.34. The average molecular weight is 724 g/mol. The number of sulfonamides is 1. The van der Waals surface area contributed by atoms with Crippen molar-refractivity contribution in [3.05, 3.63) is 107 Å². The Hall–Kier alpha value is -4.94. The molecule has 4 aromatic rings. The van der Waals surface area contributed by atoms with Gasteiger partial charge in [0.1, 0.15) is 24.1 Å². The number of rotatable bonds is 17. The van der Waals surface area contributed by atoms with Gasteiger partial charge in [-0.05, 0) is 47.9 Å². The topological polar surface area (TPSA) is 124 Å². The maximum absolute atomic E-state index is 14.8. The molecule has 0 bridgehead atoms. The summed E-state index contributed by atoms with van der Waals surface area (Å²) in [5.74, 6) is -0.0543. The van der Waals surface area contributed by atoms with E-state index in [1.54, 1.807) is 36.4 Å². The van der Waals surface area contributed by atoms with E-state index in [4.69, 9.17) is 30.5 Å². The Kier molecular flexibility index (Phi) is 13.4. The first-order valence-electron chi connectivity index (χ1n) is 15.9. The lowest BCUT2D eigenvalue weighted by Crippen LogP contribution is -2.53. The standard InChI is InChI=1S/C37H42ClN3O8S/c1-6-20-39-37(43)32(21-26-12-8-7-9-13-26)40(24-27-14-10-11-15-30(27)38)36(42)25-41(31-22-28(46-2)16-18-33(31)47-3)50(44,45)29-17-19-34(48-4)35(23-29)49-5/h7-19,22-23,32H,6,20-21,24-25H2,1-5H3,(H,39,43). The molecule has 0 radical (unpaired) electrons. The highest BCUT2D eigenvalue weighted by Gasteiger charge is 2.36. The van der Waals surface area contributed by atoms with Crippen LogP contribution in [0.5, 0.6) is 23.0 Å². The van der Waals surface area contributed by atoms with E-state index in [2.05, 4.69) is 5.32 Å². The van der Waals surface area contributed by atoms with Gasteiger partial charge in [-0.2, -0.15) is 0 Å². The van der Waals surface area contributed by atoms with Gasteiger partial charge in [-0.1, -0.05) is 67.1 Å². The van der Waals surface area contributed by atoms with Gasteiger partial charge in [-0.25, -0.2) is 8.42 Å². The molecule has 4 aromatic carbocycles. The number of carbonyl (C=O) groups is 2. The number of nitrogens with zero attached hydrogens (tertiary/aromatic N) is 2. The van der Waals surface area contributed by atoms with Crippen LogP contribution in [0.3, 0.4) is 0 Å². The first kappa shape index (κ1) is 37.9. The number of hydrogen-bond acceptors (Lipinski definition) is 8. The minimum absolute atomic E-state index is 0.0442. The second-order valence-electron chi connectivity index (χ2n) is 11.2. The van der Waals surface area contributed by atoms with Gasteiger partial charge >= 0.3 is 0 Å². The Morgan fingerprint density at radius 2 is 1.46 bits per heavy atom. The van der Waals surface area contributed by atoms with Crippen LogP contribution >= 0.6 is 11.6 Å². The van der Waals surface area contributed by atoms with E-state index in [0.717, 1.165) is 9.87 Å². The number of benzene rings is 4. The largest absolute Gasteiger partial charge is 0.497 e. The van der Waals surface area contributed by atoms with Gasteiger partial charge in [0.25, 0.3) is 10.0 Å². The Labute approximate surface area is 298 Å². The quantitative estimate of drug-likeness (QED) is 0.147. The first-order chi connectivity index (χ1) is 24.1. The molecule has 1 N–H and O–H groups in total. The van der Waals surface area contributed by atoms with Gasteiger partial charge in [0.2, 0.25) is 11.8 Å². The molecule has 11 nitrogen and oxygen atoms in total. The molecular formula is C37H42ClN3O8S. The van der Waals surface area contributed by atoms with Crippen molar-refractivity contribution in [2.24, 2.45) is 0 Å². The second kappa shape index (κ2) is 17.6. The average Bonchev–Trinajstić information content (AvgIpc) is 3.14. The van der Waals surface area contributed by atoms with Crippen LogP contribution in [0.15, 0.2) is 95.9 Å². The number of hydrogen-bond donors (Lipinski definition) is 1. The highest BCUT2D eigenvalue weighted by molar-refractivity contribution is 7.92. The predicted molar refractivity (Wildman–Crippen MR) is 193 cm³/mol. The SMILES string of the molecule is CCCNC(=O)C(Cc1ccccc1)N(Cc1ccccc1Cl)C(=O)CN(c1cc(OC)ccc1OC)S(=O)(=O)c1ccc(OC)c(OC)c1. The summed E-state index contributed by atoms with van der Waals surface area (Å²) in [6, 6.07) is 24.0. The zero-order valence-electron chi connectivity index (χ0n) is 28.7. The molecule has 13 heteroatoms. The fourth-order valence-corrected chi connectivity index (χ4v) is 6.97. The summed E-state index contributed by atoms with van der Waals surface area (Å²) in [4.78, 5) is 29.9. The molecule has 0 heterocycles. The van der Waals surface area contributed by atoms with Crippen LogP contribution < -0.4 is 28.6 Å². The molecule has 1 atom stereocenters. The van der Waals surface area contributed by atoms with Crippen molar-refractivity contribution < 1.29 is 37.0 Å². The molecule has 0 spiro atoms. The Morgan fingerprint density at radius 3 is 2.10 bits per heavy atom. The smallest absolute Gasteiger partial charge is 0.265 e. The lowest BCUT2D eigenvalue weighted by atomic mass is 10.0. The van der Waals surface area contributed by atoms with E-state index in [1.165, 1.54) is 57.6 Å². The summed E-state index contributed by atoms with van der Waals surface area (Å²) in [6.45, 7) is 1.53.